The smallest absolute Gasteiger partial charge is 0.224 e. The maximum atomic E-state index is 12.4. The number of rotatable bonds is 1. The molecule has 2 nitrogen and oxygen atoms in total. The molecule has 0 aliphatic carbocycles. The van der Waals surface area contributed by atoms with Crippen LogP contribution in [-0.2, 0) is 11.3 Å². The number of hydrogen-bond donors (Lipinski definition) is 0. The number of amides is 1. The van der Waals surface area contributed by atoms with E-state index in [-0.39, 0.29) is 5.91 Å². The van der Waals surface area contributed by atoms with Crippen LogP contribution in [0.2, 0.25) is 5.02 Å². The van der Waals surface area contributed by atoms with Gasteiger partial charge in [0.05, 0.1) is 12.2 Å². The zero-order valence-electron chi connectivity index (χ0n) is 17.4. The Kier molecular flexibility index (Phi) is 6.56. The number of carbonyl (C=O) groups excluding carboxylic acids is 1. The maximum Gasteiger partial charge on any atom is 0.224 e. The monoisotopic (exact) mass is 403 g/mol. The van der Waals surface area contributed by atoms with Crippen LogP contribution in [-0.4, -0.2) is 5.91 Å². The molecular weight excluding hydrogens is 378 g/mol. The third kappa shape index (κ3) is 4.44. The molecule has 0 aromatic heterocycles. The Bertz CT molecular complexity index is 1070. The van der Waals surface area contributed by atoms with Gasteiger partial charge >= 0.3 is 0 Å². The molecule has 0 unspecified atom stereocenters. The minimum absolute atomic E-state index is 0.0149. The van der Waals surface area contributed by atoms with E-state index in [2.05, 4.69) is 55.5 Å². The van der Waals surface area contributed by atoms with E-state index in [1.807, 2.05) is 43.0 Å². The van der Waals surface area contributed by atoms with Gasteiger partial charge < -0.3 is 4.90 Å². The Hall–Kier alpha value is -2.84. The number of benzene rings is 3. The molecule has 0 saturated heterocycles. The quantitative estimate of drug-likeness (QED) is 0.415. The predicted octanol–water partition coefficient (Wildman–Crippen LogP) is 7.38. The first-order chi connectivity index (χ1) is 14.0. The minimum atomic E-state index is 0.0149. The van der Waals surface area contributed by atoms with Crippen molar-refractivity contribution in [2.24, 2.45) is 0 Å². The maximum absolute atomic E-state index is 12.4. The lowest BCUT2D eigenvalue weighted by Gasteiger charge is -2.26. The van der Waals surface area contributed by atoms with Crippen LogP contribution in [0.5, 0.6) is 0 Å². The second-order valence-electron chi connectivity index (χ2n) is 6.87. The van der Waals surface area contributed by atoms with E-state index < -0.39 is 0 Å². The van der Waals surface area contributed by atoms with Crippen LogP contribution in [0.4, 0.5) is 5.69 Å². The van der Waals surface area contributed by atoms with Crippen molar-refractivity contribution in [3.63, 3.8) is 0 Å². The molecule has 0 N–H and O–H groups in total. The van der Waals surface area contributed by atoms with E-state index in [0.717, 1.165) is 22.4 Å². The van der Waals surface area contributed by atoms with Gasteiger partial charge in [-0.25, -0.2) is 0 Å². The first-order valence-electron chi connectivity index (χ1n) is 9.97. The van der Waals surface area contributed by atoms with Gasteiger partial charge in [-0.2, -0.15) is 0 Å². The second kappa shape index (κ2) is 9.11. The van der Waals surface area contributed by atoms with Crippen molar-refractivity contribution >= 4 is 35.3 Å². The summed E-state index contributed by atoms with van der Waals surface area (Å²) in [5, 5.41) is 0.664. The van der Waals surface area contributed by atoms with Gasteiger partial charge in [0, 0.05) is 11.9 Å². The van der Waals surface area contributed by atoms with Gasteiger partial charge in [0.15, 0.2) is 0 Å². The molecule has 1 aliphatic heterocycles. The van der Waals surface area contributed by atoms with Crippen LogP contribution in [0.25, 0.3) is 23.3 Å². The van der Waals surface area contributed by atoms with Crippen molar-refractivity contribution in [1.29, 1.82) is 0 Å². The molecule has 3 aromatic rings. The van der Waals surface area contributed by atoms with Crippen molar-refractivity contribution in [2.75, 3.05) is 4.90 Å². The molecule has 0 atom stereocenters. The van der Waals surface area contributed by atoms with E-state index in [9.17, 15) is 4.79 Å². The normalized spacial score (nSPS) is 13.2. The molecule has 0 fully saturated rings. The lowest BCUT2D eigenvalue weighted by atomic mass is 9.94. The third-order valence-corrected chi connectivity index (χ3v) is 5.27. The molecule has 0 spiro atoms. The first-order valence-corrected chi connectivity index (χ1v) is 10.4. The summed E-state index contributed by atoms with van der Waals surface area (Å²) in [5.41, 5.74) is 7.70. The lowest BCUT2D eigenvalue weighted by Crippen LogP contribution is -2.29. The summed E-state index contributed by atoms with van der Waals surface area (Å²) in [7, 11) is 0. The fourth-order valence-electron chi connectivity index (χ4n) is 3.59. The summed E-state index contributed by atoms with van der Waals surface area (Å²) < 4.78 is 0. The highest BCUT2D eigenvalue weighted by Gasteiger charge is 2.19. The van der Waals surface area contributed by atoms with Gasteiger partial charge in [0.25, 0.3) is 0 Å². The molecule has 0 saturated carbocycles. The van der Waals surface area contributed by atoms with E-state index in [4.69, 9.17) is 11.6 Å². The number of hydrogen-bond acceptors (Lipinski definition) is 1. The van der Waals surface area contributed by atoms with Crippen LogP contribution in [0.3, 0.4) is 0 Å². The lowest BCUT2D eigenvalue weighted by molar-refractivity contribution is -0.116. The van der Waals surface area contributed by atoms with E-state index in [1.54, 1.807) is 6.92 Å². The van der Waals surface area contributed by atoms with Crippen LogP contribution in [0, 0.1) is 6.92 Å². The van der Waals surface area contributed by atoms with Gasteiger partial charge in [0.2, 0.25) is 5.91 Å². The summed E-state index contributed by atoms with van der Waals surface area (Å²) in [6.07, 6.45) is 4.13. The molecule has 29 heavy (non-hydrogen) atoms. The van der Waals surface area contributed by atoms with Crippen molar-refractivity contribution in [3.05, 3.63) is 87.9 Å². The topological polar surface area (TPSA) is 20.3 Å². The fraction of sp³-hybridized carbons (Fsp3) is 0.192. The van der Waals surface area contributed by atoms with Crippen molar-refractivity contribution in [1.82, 2.24) is 0 Å². The van der Waals surface area contributed by atoms with Crippen LogP contribution >= 0.6 is 11.6 Å². The highest BCUT2D eigenvalue weighted by Crippen LogP contribution is 2.33. The predicted molar refractivity (Wildman–Crippen MR) is 125 cm³/mol. The Labute approximate surface area is 178 Å². The average molecular weight is 404 g/mol. The van der Waals surface area contributed by atoms with Gasteiger partial charge in [-0.15, -0.1) is 0 Å². The van der Waals surface area contributed by atoms with Crippen LogP contribution in [0.15, 0.2) is 60.7 Å². The third-order valence-electron chi connectivity index (χ3n) is 5.03. The SMILES string of the molecule is CC.CC(=O)N1Cc2cc(-c3ccccc3C)ccc2/C=C\c2cc(Cl)ccc21. The highest BCUT2D eigenvalue weighted by atomic mass is 35.5. The molecule has 1 aliphatic rings. The number of aryl methyl sites for hydroxylation is 1. The van der Waals surface area contributed by atoms with E-state index >= 15 is 0 Å². The Morgan fingerprint density at radius 3 is 2.38 bits per heavy atom. The van der Waals surface area contributed by atoms with Crippen LogP contribution in [0.1, 0.15) is 43.0 Å². The van der Waals surface area contributed by atoms with E-state index in [1.165, 1.54) is 16.7 Å². The zero-order valence-corrected chi connectivity index (χ0v) is 18.1. The van der Waals surface area contributed by atoms with Crippen molar-refractivity contribution < 1.29 is 4.79 Å². The summed E-state index contributed by atoms with van der Waals surface area (Å²) in [4.78, 5) is 14.2. The average Bonchev–Trinajstić information content (AvgIpc) is 2.71. The fourth-order valence-corrected chi connectivity index (χ4v) is 3.77. The Morgan fingerprint density at radius 1 is 0.931 bits per heavy atom. The molecule has 3 aromatic carbocycles. The molecule has 0 bridgehead atoms. The molecule has 148 valence electrons. The van der Waals surface area contributed by atoms with Crippen molar-refractivity contribution in [3.8, 4) is 11.1 Å². The Balaban J connectivity index is 0.00000117. The largest absolute Gasteiger partial charge is 0.308 e. The second-order valence-corrected chi connectivity index (χ2v) is 7.31. The summed E-state index contributed by atoms with van der Waals surface area (Å²) >= 11 is 6.16. The Morgan fingerprint density at radius 2 is 1.66 bits per heavy atom. The number of carbonyl (C=O) groups is 1. The minimum Gasteiger partial charge on any atom is -0.308 e. The zero-order chi connectivity index (χ0) is 21.0. The molecular formula is C26H26ClNO. The molecule has 1 heterocycles. The molecule has 1 amide bonds. The molecule has 3 heteroatoms. The summed E-state index contributed by atoms with van der Waals surface area (Å²) in [6, 6.07) is 20.5. The van der Waals surface area contributed by atoms with Crippen molar-refractivity contribution in [2.45, 2.75) is 34.2 Å². The van der Waals surface area contributed by atoms with Gasteiger partial charge in [-0.3, -0.25) is 4.79 Å². The highest BCUT2D eigenvalue weighted by molar-refractivity contribution is 6.30. The van der Waals surface area contributed by atoms with Crippen LogP contribution < -0.4 is 4.90 Å². The standard InChI is InChI=1S/C24H20ClNO.C2H6/c1-16-5-3-4-6-23(16)19-9-7-18-8-10-20-14-22(25)11-12-24(20)26(17(2)27)15-21(18)13-19;1-2/h3-14H,15H2,1-2H3;1-2H3/b10-8-;. The molecule has 4 rings (SSSR count). The number of nitrogens with zero attached hydrogens (tertiary/aromatic N) is 1. The summed E-state index contributed by atoms with van der Waals surface area (Å²) in [6.45, 7) is 8.26. The van der Waals surface area contributed by atoms with Gasteiger partial charge in [-0.05, 0) is 64.6 Å². The summed E-state index contributed by atoms with van der Waals surface area (Å²) in [5.74, 6) is 0.0149. The number of anilines is 1. The molecule has 0 radical (unpaired) electrons. The van der Waals surface area contributed by atoms with E-state index in [0.29, 0.717) is 11.6 Å². The first kappa shape index (κ1) is 20.9. The van der Waals surface area contributed by atoms with Gasteiger partial charge in [0.1, 0.15) is 0 Å². The van der Waals surface area contributed by atoms with Gasteiger partial charge in [-0.1, -0.05) is 74.0 Å². The number of fused-ring (bicyclic) bond motifs is 2. The number of halogens is 1.